The number of methoxy groups -OCH3 is 1. The largest absolute Gasteiger partial charge is 0.495 e. The molecule has 2 aromatic rings. The Hall–Kier alpha value is -3.11. The normalized spacial score (nSPS) is 15.7. The first kappa shape index (κ1) is 26.5. The molecule has 0 spiro atoms. The molecule has 35 heavy (non-hydrogen) atoms. The average molecular weight is 504 g/mol. The van der Waals surface area contributed by atoms with Crippen molar-refractivity contribution in [2.45, 2.75) is 45.6 Å². The first-order valence-electron chi connectivity index (χ1n) is 11.7. The van der Waals surface area contributed by atoms with Gasteiger partial charge in [-0.15, -0.1) is 0 Å². The van der Waals surface area contributed by atoms with E-state index < -0.39 is 16.1 Å². The highest BCUT2D eigenvalue weighted by atomic mass is 32.2. The first-order valence-corrected chi connectivity index (χ1v) is 13.1. The van der Waals surface area contributed by atoms with Crippen LogP contribution in [0.25, 0.3) is 11.1 Å². The zero-order chi connectivity index (χ0) is 25.9. The van der Waals surface area contributed by atoms with Gasteiger partial charge in [-0.25, -0.2) is 13.2 Å². The lowest BCUT2D eigenvalue weighted by Crippen LogP contribution is -2.51. The van der Waals surface area contributed by atoms with Crippen LogP contribution in [-0.2, 0) is 19.6 Å². The Morgan fingerprint density at radius 2 is 1.66 bits per heavy atom. The third kappa shape index (κ3) is 4.99. The van der Waals surface area contributed by atoms with E-state index in [0.29, 0.717) is 35.6 Å². The Morgan fingerprint density at radius 1 is 1.03 bits per heavy atom. The summed E-state index contributed by atoms with van der Waals surface area (Å²) in [7, 11) is -2.35. The highest BCUT2D eigenvalue weighted by Crippen LogP contribution is 2.40. The molecule has 10 heteroatoms. The van der Waals surface area contributed by atoms with Gasteiger partial charge in [0.25, 0.3) is 0 Å². The van der Waals surface area contributed by atoms with Gasteiger partial charge in [0.15, 0.2) is 0 Å². The first-order chi connectivity index (χ1) is 16.6. The van der Waals surface area contributed by atoms with E-state index in [1.54, 1.807) is 56.0 Å². The van der Waals surface area contributed by atoms with E-state index >= 15 is 0 Å². The van der Waals surface area contributed by atoms with Crippen LogP contribution in [0.5, 0.6) is 5.75 Å². The lowest BCUT2D eigenvalue weighted by molar-refractivity contribution is -0.117. The van der Waals surface area contributed by atoms with Crippen LogP contribution in [0.4, 0.5) is 16.2 Å². The van der Waals surface area contributed by atoms with Crippen molar-refractivity contribution in [3.8, 4) is 16.9 Å². The van der Waals surface area contributed by atoms with Crippen LogP contribution < -0.4 is 14.5 Å². The second-order valence-corrected chi connectivity index (χ2v) is 10.1. The molecule has 9 nitrogen and oxygen atoms in total. The number of fused-ring (bicyclic) bond motifs is 1. The van der Waals surface area contributed by atoms with Gasteiger partial charge in [0.2, 0.25) is 15.9 Å². The molecule has 1 aliphatic rings. The highest BCUT2D eigenvalue weighted by molar-refractivity contribution is 7.89. The molecule has 0 saturated carbocycles. The number of carbonyl (C=O) groups is 2. The molecule has 0 bridgehead atoms. The van der Waals surface area contributed by atoms with Crippen LogP contribution in [0.1, 0.15) is 34.6 Å². The predicted molar refractivity (Wildman–Crippen MR) is 136 cm³/mol. The summed E-state index contributed by atoms with van der Waals surface area (Å²) >= 11 is 0. The lowest BCUT2D eigenvalue weighted by atomic mass is 10.0. The van der Waals surface area contributed by atoms with Crippen molar-refractivity contribution < 1.29 is 27.5 Å². The zero-order valence-electron chi connectivity index (χ0n) is 21.1. The smallest absolute Gasteiger partial charge is 0.414 e. The summed E-state index contributed by atoms with van der Waals surface area (Å²) in [6, 6.07) is 10.1. The van der Waals surface area contributed by atoms with Gasteiger partial charge in [0.1, 0.15) is 10.6 Å². The molecule has 3 rings (SSSR count). The fourth-order valence-corrected chi connectivity index (χ4v) is 6.06. The number of benzene rings is 2. The molecule has 0 fully saturated rings. The molecule has 0 N–H and O–H groups in total. The van der Waals surface area contributed by atoms with Crippen molar-refractivity contribution in [2.24, 2.45) is 0 Å². The van der Waals surface area contributed by atoms with E-state index in [4.69, 9.17) is 9.47 Å². The number of hydrogen-bond acceptors (Lipinski definition) is 6. The number of anilines is 2. The maximum Gasteiger partial charge on any atom is 0.414 e. The molecular weight excluding hydrogens is 470 g/mol. The van der Waals surface area contributed by atoms with Crippen LogP contribution in [-0.4, -0.2) is 64.1 Å². The predicted octanol–water partition coefficient (Wildman–Crippen LogP) is 4.11. The topological polar surface area (TPSA) is 96.5 Å². The number of amides is 2. The fraction of sp³-hybridized carbons (Fsp3) is 0.440. The molecular formula is C25H33N3O6S. The van der Waals surface area contributed by atoms with Crippen molar-refractivity contribution in [3.63, 3.8) is 0 Å². The molecule has 0 aliphatic carbocycles. The van der Waals surface area contributed by atoms with Crippen LogP contribution in [0.2, 0.25) is 0 Å². The van der Waals surface area contributed by atoms with Crippen molar-refractivity contribution in [3.05, 3.63) is 36.4 Å². The van der Waals surface area contributed by atoms with Gasteiger partial charge in [-0.1, -0.05) is 26.0 Å². The molecule has 2 amide bonds. The summed E-state index contributed by atoms with van der Waals surface area (Å²) in [5.74, 6) is 0.121. The third-order valence-corrected chi connectivity index (χ3v) is 8.13. The molecule has 0 aromatic heterocycles. The molecule has 1 heterocycles. The number of sulfonamides is 1. The SMILES string of the molecule is CCOC(=O)N1CC(C)N(C(C)=O)c2ccc(-c3ccc(OC)c(S(=O)(=O)N(CC)CC)c3)cc21. The van der Waals surface area contributed by atoms with Crippen molar-refractivity contribution >= 4 is 33.4 Å². The Morgan fingerprint density at radius 3 is 2.23 bits per heavy atom. The van der Waals surface area contributed by atoms with E-state index in [-0.39, 0.29) is 35.7 Å². The van der Waals surface area contributed by atoms with Crippen LogP contribution in [0.15, 0.2) is 41.3 Å². The van der Waals surface area contributed by atoms with Crippen molar-refractivity contribution in [2.75, 3.05) is 43.2 Å². The van der Waals surface area contributed by atoms with Crippen molar-refractivity contribution in [1.29, 1.82) is 0 Å². The minimum absolute atomic E-state index is 0.0696. The van der Waals surface area contributed by atoms with Crippen LogP contribution >= 0.6 is 0 Å². The molecule has 2 aromatic carbocycles. The fourth-order valence-electron chi connectivity index (χ4n) is 4.42. The standard InChI is InChI=1S/C25H33N3O6S/c1-7-26(8-2)35(31,32)24-15-20(11-13-23(24)33-6)19-10-12-21-22(14-19)27(25(30)34-9-3)16-17(4)28(21)18(5)29/h10-15,17H,7-9,16H2,1-6H3. The van der Waals surface area contributed by atoms with E-state index in [1.165, 1.54) is 23.2 Å². The quantitative estimate of drug-likeness (QED) is 0.564. The number of nitrogens with zero attached hydrogens (tertiary/aromatic N) is 3. The summed E-state index contributed by atoms with van der Waals surface area (Å²) in [6.07, 6.45) is -0.500. The van der Waals surface area contributed by atoms with Gasteiger partial charge in [-0.05, 0) is 49.2 Å². The minimum Gasteiger partial charge on any atom is -0.495 e. The van der Waals surface area contributed by atoms with Crippen LogP contribution in [0, 0.1) is 0 Å². The molecule has 0 radical (unpaired) electrons. The maximum atomic E-state index is 13.3. The highest BCUT2D eigenvalue weighted by Gasteiger charge is 2.34. The van der Waals surface area contributed by atoms with E-state index in [0.717, 1.165) is 0 Å². The van der Waals surface area contributed by atoms with E-state index in [9.17, 15) is 18.0 Å². The number of rotatable bonds is 7. The average Bonchev–Trinajstić information content (AvgIpc) is 2.83. The molecule has 0 saturated heterocycles. The second-order valence-electron chi connectivity index (χ2n) is 8.21. The minimum atomic E-state index is -3.78. The summed E-state index contributed by atoms with van der Waals surface area (Å²) in [4.78, 5) is 28.4. The van der Waals surface area contributed by atoms with Crippen LogP contribution in [0.3, 0.4) is 0 Å². The lowest BCUT2D eigenvalue weighted by Gasteiger charge is -2.40. The summed E-state index contributed by atoms with van der Waals surface area (Å²) < 4.78 is 38.6. The number of ether oxygens (including phenoxy) is 2. The third-order valence-electron chi connectivity index (χ3n) is 6.06. The monoisotopic (exact) mass is 503 g/mol. The Balaban J connectivity index is 2.18. The second kappa shape index (κ2) is 10.7. The summed E-state index contributed by atoms with van der Waals surface area (Å²) in [5.41, 5.74) is 2.45. The Bertz CT molecular complexity index is 1210. The number of carbonyl (C=O) groups excluding carboxylic acids is 2. The molecule has 1 atom stereocenters. The maximum absolute atomic E-state index is 13.3. The summed E-state index contributed by atoms with van der Waals surface area (Å²) in [6.45, 7) is 9.83. The molecule has 1 aliphatic heterocycles. The number of hydrogen-bond donors (Lipinski definition) is 0. The molecule has 190 valence electrons. The van der Waals surface area contributed by atoms with Gasteiger partial charge in [-0.2, -0.15) is 4.31 Å². The van der Waals surface area contributed by atoms with Gasteiger partial charge < -0.3 is 14.4 Å². The van der Waals surface area contributed by atoms with Gasteiger partial charge in [-0.3, -0.25) is 9.69 Å². The molecule has 1 unspecified atom stereocenters. The van der Waals surface area contributed by atoms with E-state index in [2.05, 4.69) is 0 Å². The zero-order valence-corrected chi connectivity index (χ0v) is 21.9. The Kier molecular flexibility index (Phi) is 8.07. The van der Waals surface area contributed by atoms with E-state index in [1.807, 2.05) is 13.0 Å². The summed E-state index contributed by atoms with van der Waals surface area (Å²) in [5, 5.41) is 0. The van der Waals surface area contributed by atoms with Crippen molar-refractivity contribution in [1.82, 2.24) is 4.31 Å². The van der Waals surface area contributed by atoms with Gasteiger partial charge >= 0.3 is 6.09 Å². The van der Waals surface area contributed by atoms with Gasteiger partial charge in [0.05, 0.1) is 31.1 Å². The Labute approximate surface area is 207 Å². The van der Waals surface area contributed by atoms with Gasteiger partial charge in [0, 0.05) is 26.6 Å².